The van der Waals surface area contributed by atoms with E-state index in [0.717, 1.165) is 17.1 Å². The molecular weight excluding hydrogens is 224 g/mol. The lowest BCUT2D eigenvalue weighted by Gasteiger charge is -2.05. The summed E-state index contributed by atoms with van der Waals surface area (Å²) in [5.41, 5.74) is 1.03. The lowest BCUT2D eigenvalue weighted by Crippen LogP contribution is -1.85. The highest BCUT2D eigenvalue weighted by molar-refractivity contribution is 5.56. The van der Waals surface area contributed by atoms with Gasteiger partial charge in [-0.1, -0.05) is 18.2 Å². The zero-order chi connectivity index (χ0) is 12.2. The Morgan fingerprint density at radius 1 is 1.06 bits per heavy atom. The van der Waals surface area contributed by atoms with Crippen LogP contribution in [0, 0.1) is 6.07 Å². The summed E-state index contributed by atoms with van der Waals surface area (Å²) in [6.45, 7) is 0. The molecule has 0 fully saturated rings. The maximum absolute atomic E-state index is 5.66. The van der Waals surface area contributed by atoms with E-state index in [9.17, 15) is 0 Å². The fourth-order valence-electron chi connectivity index (χ4n) is 1.67. The van der Waals surface area contributed by atoms with Crippen LogP contribution in [0.3, 0.4) is 0 Å². The third-order valence-corrected chi connectivity index (χ3v) is 2.53. The Bertz CT molecular complexity index is 601. The first-order valence-corrected chi connectivity index (χ1v) is 5.66. The molecule has 0 saturated heterocycles. The highest BCUT2D eigenvalue weighted by Crippen LogP contribution is 2.23. The number of hydrogen-bond acceptors (Lipinski definition) is 2. The van der Waals surface area contributed by atoms with Gasteiger partial charge in [-0.15, -0.1) is 0 Å². The topological polar surface area (TPSA) is 37.9 Å². The molecule has 18 heavy (non-hydrogen) atoms. The fraction of sp³-hybridized carbons (Fsp3) is 0. The van der Waals surface area contributed by atoms with Crippen molar-refractivity contribution in [2.75, 3.05) is 0 Å². The fourth-order valence-corrected chi connectivity index (χ4v) is 1.67. The summed E-state index contributed by atoms with van der Waals surface area (Å²) in [7, 11) is 0. The molecule has 3 aromatic rings. The van der Waals surface area contributed by atoms with Gasteiger partial charge in [0, 0.05) is 24.0 Å². The molecule has 2 aromatic carbocycles. The zero-order valence-corrected chi connectivity index (χ0v) is 9.63. The molecule has 0 aliphatic heterocycles. The Labute approximate surface area is 105 Å². The summed E-state index contributed by atoms with van der Waals surface area (Å²) in [6.07, 6.45) is 3.54. The molecule has 3 heteroatoms. The van der Waals surface area contributed by atoms with Crippen LogP contribution in [-0.2, 0) is 0 Å². The summed E-state index contributed by atoms with van der Waals surface area (Å²) in [5, 5.41) is 0. The van der Waals surface area contributed by atoms with E-state index in [1.807, 2.05) is 48.5 Å². The smallest absolute Gasteiger partial charge is 0.137 e. The molecule has 0 spiro atoms. The van der Waals surface area contributed by atoms with E-state index in [4.69, 9.17) is 4.74 Å². The van der Waals surface area contributed by atoms with Gasteiger partial charge >= 0.3 is 0 Å². The van der Waals surface area contributed by atoms with E-state index in [1.54, 1.807) is 12.4 Å². The number of nitrogens with one attached hydrogen (secondary N) is 1. The standard InChI is InChI=1S/C15H11N2O/c1-2-4-13(5-3-1)18-14-8-6-12(7-9-14)15-16-10-11-17-15/h1-4,6-11H,(H,16,17). The van der Waals surface area contributed by atoms with Gasteiger partial charge in [0.1, 0.15) is 17.3 Å². The summed E-state index contributed by atoms with van der Waals surface area (Å²) >= 11 is 0. The minimum absolute atomic E-state index is 0.711. The monoisotopic (exact) mass is 235 g/mol. The molecular formula is C15H11N2O. The van der Waals surface area contributed by atoms with Crippen LogP contribution >= 0.6 is 0 Å². The highest BCUT2D eigenvalue weighted by Gasteiger charge is 2.01. The largest absolute Gasteiger partial charge is 0.457 e. The van der Waals surface area contributed by atoms with Gasteiger partial charge in [0.25, 0.3) is 0 Å². The van der Waals surface area contributed by atoms with Gasteiger partial charge in [-0.25, -0.2) is 4.98 Å². The van der Waals surface area contributed by atoms with E-state index in [2.05, 4.69) is 16.0 Å². The molecule has 1 radical (unpaired) electrons. The molecule has 1 heterocycles. The Hall–Kier alpha value is -2.55. The quantitative estimate of drug-likeness (QED) is 0.752. The first kappa shape index (κ1) is 10.6. The summed E-state index contributed by atoms with van der Waals surface area (Å²) in [6, 6.07) is 18.3. The number of ether oxygens (including phenoxy) is 1. The predicted octanol–water partition coefficient (Wildman–Crippen LogP) is 3.67. The highest BCUT2D eigenvalue weighted by atomic mass is 16.5. The molecule has 87 valence electrons. The normalized spacial score (nSPS) is 10.2. The molecule has 0 aliphatic carbocycles. The van der Waals surface area contributed by atoms with Crippen LogP contribution in [0.25, 0.3) is 11.4 Å². The van der Waals surface area contributed by atoms with Crippen molar-refractivity contribution in [3.63, 3.8) is 0 Å². The van der Waals surface area contributed by atoms with Crippen LogP contribution in [0.2, 0.25) is 0 Å². The molecule has 0 amide bonds. The van der Waals surface area contributed by atoms with Crippen molar-refractivity contribution in [2.24, 2.45) is 0 Å². The van der Waals surface area contributed by atoms with Crippen molar-refractivity contribution in [3.8, 4) is 22.9 Å². The average molecular weight is 235 g/mol. The Morgan fingerprint density at radius 3 is 2.61 bits per heavy atom. The van der Waals surface area contributed by atoms with Gasteiger partial charge in [0.05, 0.1) is 0 Å². The molecule has 0 bridgehead atoms. The third-order valence-electron chi connectivity index (χ3n) is 2.53. The number of aromatic nitrogens is 2. The Kier molecular flexibility index (Phi) is 2.80. The van der Waals surface area contributed by atoms with Crippen molar-refractivity contribution < 1.29 is 4.74 Å². The molecule has 0 unspecified atom stereocenters. The zero-order valence-electron chi connectivity index (χ0n) is 9.63. The number of nitrogens with zero attached hydrogens (tertiary/aromatic N) is 1. The van der Waals surface area contributed by atoms with Gasteiger partial charge < -0.3 is 9.72 Å². The number of rotatable bonds is 3. The van der Waals surface area contributed by atoms with Crippen molar-refractivity contribution >= 4 is 0 Å². The van der Waals surface area contributed by atoms with Crippen LogP contribution < -0.4 is 4.74 Å². The molecule has 1 aromatic heterocycles. The van der Waals surface area contributed by atoms with Crippen molar-refractivity contribution in [2.45, 2.75) is 0 Å². The van der Waals surface area contributed by atoms with Crippen LogP contribution in [0.4, 0.5) is 0 Å². The van der Waals surface area contributed by atoms with E-state index in [0.29, 0.717) is 5.75 Å². The first-order valence-electron chi connectivity index (χ1n) is 5.66. The van der Waals surface area contributed by atoms with Crippen LogP contribution in [0.15, 0.2) is 60.9 Å². The number of benzene rings is 2. The molecule has 3 rings (SSSR count). The second kappa shape index (κ2) is 4.75. The summed E-state index contributed by atoms with van der Waals surface area (Å²) in [4.78, 5) is 7.26. The second-order valence-electron chi connectivity index (χ2n) is 3.79. The van der Waals surface area contributed by atoms with Gasteiger partial charge in [0.2, 0.25) is 0 Å². The van der Waals surface area contributed by atoms with E-state index in [1.165, 1.54) is 0 Å². The minimum Gasteiger partial charge on any atom is -0.457 e. The summed E-state index contributed by atoms with van der Waals surface area (Å²) in [5.74, 6) is 2.35. The molecule has 0 atom stereocenters. The summed E-state index contributed by atoms with van der Waals surface area (Å²) < 4.78 is 5.66. The van der Waals surface area contributed by atoms with E-state index in [-0.39, 0.29) is 0 Å². The average Bonchev–Trinajstić information content (AvgIpc) is 2.95. The second-order valence-corrected chi connectivity index (χ2v) is 3.79. The SMILES string of the molecule is [c]1ccccc1Oc1ccc(-c2ncc[nH]2)cc1. The molecule has 1 N–H and O–H groups in total. The van der Waals surface area contributed by atoms with Crippen LogP contribution in [0.5, 0.6) is 11.5 Å². The number of aromatic amines is 1. The van der Waals surface area contributed by atoms with Gasteiger partial charge in [-0.2, -0.15) is 0 Å². The molecule has 0 saturated carbocycles. The van der Waals surface area contributed by atoms with Gasteiger partial charge in [-0.3, -0.25) is 0 Å². The van der Waals surface area contributed by atoms with E-state index < -0.39 is 0 Å². The number of hydrogen-bond donors (Lipinski definition) is 1. The first-order chi connectivity index (χ1) is 8.92. The maximum Gasteiger partial charge on any atom is 0.137 e. The third kappa shape index (κ3) is 2.25. The molecule has 0 aliphatic rings. The lowest BCUT2D eigenvalue weighted by atomic mass is 10.2. The number of para-hydroxylation sites is 1. The van der Waals surface area contributed by atoms with Gasteiger partial charge in [0.15, 0.2) is 0 Å². The maximum atomic E-state index is 5.66. The van der Waals surface area contributed by atoms with Crippen molar-refractivity contribution in [3.05, 3.63) is 67.0 Å². The number of imidazole rings is 1. The van der Waals surface area contributed by atoms with Crippen LogP contribution in [-0.4, -0.2) is 9.97 Å². The van der Waals surface area contributed by atoms with E-state index >= 15 is 0 Å². The van der Waals surface area contributed by atoms with Crippen molar-refractivity contribution in [1.29, 1.82) is 0 Å². The minimum atomic E-state index is 0.711. The predicted molar refractivity (Wildman–Crippen MR) is 69.4 cm³/mol. The molecule has 3 nitrogen and oxygen atoms in total. The lowest BCUT2D eigenvalue weighted by molar-refractivity contribution is 0.482. The van der Waals surface area contributed by atoms with Crippen LogP contribution in [0.1, 0.15) is 0 Å². The van der Waals surface area contributed by atoms with Gasteiger partial charge in [-0.05, 0) is 30.3 Å². The Morgan fingerprint density at radius 2 is 1.94 bits per heavy atom. The Balaban J connectivity index is 1.80. The number of H-pyrrole nitrogens is 1. The van der Waals surface area contributed by atoms with Crippen molar-refractivity contribution in [1.82, 2.24) is 9.97 Å².